The number of nitriles is 1. The Morgan fingerprint density at radius 1 is 1.07 bits per heavy atom. The van der Waals surface area contributed by atoms with Gasteiger partial charge in [0.1, 0.15) is 17.7 Å². The second kappa shape index (κ2) is 16.6. The summed E-state index contributed by atoms with van der Waals surface area (Å²) in [7, 11) is 14.7. The quantitative estimate of drug-likeness (QED) is 0.172. The van der Waals surface area contributed by atoms with Crippen molar-refractivity contribution in [2.75, 3.05) is 38.1 Å². The number of hydrogen-bond donors (Lipinski definition) is 1. The Morgan fingerprint density at radius 3 is 2.30 bits per heavy atom. The molecule has 1 aliphatic heterocycles. The van der Waals surface area contributed by atoms with Crippen molar-refractivity contribution in [1.82, 2.24) is 15.3 Å². The normalized spacial score (nSPS) is 13.0. The minimum Gasteiger partial charge on any atom is -0.353 e. The highest BCUT2D eigenvalue weighted by molar-refractivity contribution is 9.10. The predicted molar refractivity (Wildman–Crippen MR) is 174 cm³/mol. The average Bonchev–Trinajstić information content (AvgIpc) is 3.05. The van der Waals surface area contributed by atoms with E-state index in [1.807, 2.05) is 38.7 Å². The lowest BCUT2D eigenvalue weighted by atomic mass is 9.47. The number of nitrogens with zero attached hydrogens (tertiary/aromatic N) is 5. The zero-order valence-corrected chi connectivity index (χ0v) is 26.7. The van der Waals surface area contributed by atoms with Crippen molar-refractivity contribution in [3.05, 3.63) is 92.8 Å². The van der Waals surface area contributed by atoms with Crippen LogP contribution in [0.3, 0.4) is 0 Å². The Balaban J connectivity index is 0.00000155. The fraction of sp³-hybridized carbons (Fsp3) is 0.323. The lowest BCUT2D eigenvalue weighted by molar-refractivity contribution is 0.0741. The molecule has 2 aromatic carbocycles. The number of carbonyl (C=O) groups is 2. The summed E-state index contributed by atoms with van der Waals surface area (Å²) in [6, 6.07) is 14.3. The molecule has 0 bridgehead atoms. The van der Waals surface area contributed by atoms with E-state index in [-0.39, 0.29) is 16.8 Å². The number of hydrogen-bond acceptors (Lipinski definition) is 7. The number of nitrogens with one attached hydrogen (secondary N) is 1. The minimum atomic E-state index is -1.79. The summed E-state index contributed by atoms with van der Waals surface area (Å²) < 4.78 is 15.6. The third-order valence-corrected chi connectivity index (χ3v) is 6.95. The zero-order chi connectivity index (χ0) is 32.2. The molecule has 0 saturated carbocycles. The van der Waals surface area contributed by atoms with Gasteiger partial charge in [0.25, 0.3) is 5.91 Å². The van der Waals surface area contributed by atoms with Crippen molar-refractivity contribution < 1.29 is 14.0 Å². The Hall–Kier alpha value is -3.97. The summed E-state index contributed by atoms with van der Waals surface area (Å²) in [5, 5.41) is 11.4. The number of carbonyl (C=O) groups excluding carboxylic acids is 2. The van der Waals surface area contributed by atoms with E-state index in [2.05, 4.69) is 31.4 Å². The molecule has 1 aromatic heterocycles. The van der Waals surface area contributed by atoms with Crippen molar-refractivity contribution >= 4 is 55.3 Å². The Bertz CT molecular complexity index is 1470. The van der Waals surface area contributed by atoms with Crippen LogP contribution in [-0.2, 0) is 5.21 Å². The van der Waals surface area contributed by atoms with Gasteiger partial charge in [-0.15, -0.1) is 0 Å². The van der Waals surface area contributed by atoms with E-state index in [0.29, 0.717) is 59.4 Å². The number of piperazine rings is 1. The summed E-state index contributed by atoms with van der Waals surface area (Å²) in [5.41, 5.74) is 3.99. The molecule has 8 nitrogen and oxygen atoms in total. The molecule has 3 aromatic rings. The molecule has 1 saturated heterocycles. The molecule has 0 unspecified atom stereocenters. The van der Waals surface area contributed by atoms with E-state index in [1.54, 1.807) is 42.3 Å². The van der Waals surface area contributed by atoms with Crippen LogP contribution in [0.2, 0.25) is 0 Å². The first-order chi connectivity index (χ1) is 20.7. The highest BCUT2D eigenvalue weighted by Gasteiger charge is 2.32. The highest BCUT2D eigenvalue weighted by atomic mass is 79.9. The van der Waals surface area contributed by atoms with Crippen molar-refractivity contribution in [3.8, 4) is 6.07 Å². The Morgan fingerprint density at radius 2 is 1.74 bits per heavy atom. The van der Waals surface area contributed by atoms with E-state index in [4.69, 9.17) is 21.0 Å². The fourth-order valence-corrected chi connectivity index (χ4v) is 4.72. The Kier molecular flexibility index (Phi) is 13.6. The maximum absolute atomic E-state index is 14.9. The van der Waals surface area contributed by atoms with Crippen LogP contribution >= 0.6 is 15.9 Å². The molecule has 1 N–H and O–H groups in total. The molecule has 220 valence electrons. The van der Waals surface area contributed by atoms with E-state index in [0.717, 1.165) is 6.07 Å². The summed E-state index contributed by atoms with van der Waals surface area (Å²) >= 11 is 3.38. The highest BCUT2D eigenvalue weighted by Crippen LogP contribution is 2.29. The van der Waals surface area contributed by atoms with E-state index in [1.165, 1.54) is 18.3 Å². The lowest BCUT2D eigenvalue weighted by Crippen LogP contribution is -2.49. The van der Waals surface area contributed by atoms with E-state index >= 15 is 0 Å². The number of benzene rings is 2. The van der Waals surface area contributed by atoms with Crippen LogP contribution in [0, 0.1) is 17.1 Å². The molecule has 0 aliphatic carbocycles. The van der Waals surface area contributed by atoms with Gasteiger partial charge in [-0.2, -0.15) is 10.4 Å². The van der Waals surface area contributed by atoms with Crippen LogP contribution in [0.4, 0.5) is 10.2 Å². The van der Waals surface area contributed by atoms with Gasteiger partial charge in [0, 0.05) is 55.0 Å². The molecule has 1 aliphatic rings. The van der Waals surface area contributed by atoms with Gasteiger partial charge in [0.15, 0.2) is 6.29 Å². The van der Waals surface area contributed by atoms with Crippen molar-refractivity contribution in [2.24, 2.45) is 5.10 Å². The van der Waals surface area contributed by atoms with Gasteiger partial charge in [-0.05, 0) is 47.7 Å². The van der Waals surface area contributed by atoms with Crippen LogP contribution < -0.4 is 10.3 Å². The molecule has 43 heavy (non-hydrogen) atoms. The zero-order valence-electron chi connectivity index (χ0n) is 25.1. The van der Waals surface area contributed by atoms with Gasteiger partial charge < -0.3 is 15.2 Å². The summed E-state index contributed by atoms with van der Waals surface area (Å²) in [6.45, 7) is 9.65. The largest absolute Gasteiger partial charge is 0.353 e. The topological polar surface area (TPSA) is 102 Å². The molecular formula is C31H34B2BrFN6O2. The van der Waals surface area contributed by atoms with Gasteiger partial charge in [-0.25, -0.2) is 9.37 Å². The van der Waals surface area contributed by atoms with Gasteiger partial charge in [-0.3, -0.25) is 9.59 Å². The second-order valence-electron chi connectivity index (χ2n) is 8.89. The number of aromatic nitrogens is 1. The molecule has 4 rings (SSSR count). The molecular weight excluding hydrogens is 609 g/mol. The fourth-order valence-electron chi connectivity index (χ4n) is 4.36. The number of aldehydes is 1. The van der Waals surface area contributed by atoms with Gasteiger partial charge >= 0.3 is 0 Å². The van der Waals surface area contributed by atoms with Crippen LogP contribution in [0.1, 0.15) is 65.1 Å². The third-order valence-electron chi connectivity index (χ3n) is 6.46. The maximum atomic E-state index is 14.9. The molecule has 12 heteroatoms. The van der Waals surface area contributed by atoms with Gasteiger partial charge in [-0.1, -0.05) is 55.3 Å². The number of anilines is 1. The van der Waals surface area contributed by atoms with Crippen LogP contribution in [0.15, 0.2) is 64.3 Å². The van der Waals surface area contributed by atoms with E-state index in [9.17, 15) is 14.0 Å². The summed E-state index contributed by atoms with van der Waals surface area (Å²) in [5.74, 6) is -0.511. The number of halogens is 2. The average molecular weight is 643 g/mol. The van der Waals surface area contributed by atoms with Crippen LogP contribution in [0.5, 0.6) is 0 Å². The first-order valence-corrected chi connectivity index (χ1v) is 14.8. The standard InChI is InChI=1S/C27H22B2BrFN6O2.2C2H6/c1-33-35-25(21-13-20(30)5-3-18(21)16-38)27(28,29)19-4-6-23(31)22(12-19)26(39)37-10-8-36(9-11-37)24-7-2-17(14-32)15-34-24;2*1-2/h2-7,12-13,15-16,33H,8-11H2,1H3;2*1-2H3/b35-25+;;. The summed E-state index contributed by atoms with van der Waals surface area (Å²) in [4.78, 5) is 32.9. The van der Waals surface area contributed by atoms with Crippen molar-refractivity contribution in [2.45, 2.75) is 32.9 Å². The smallest absolute Gasteiger partial charge is 0.256 e. The van der Waals surface area contributed by atoms with Crippen LogP contribution in [-0.4, -0.2) is 76.7 Å². The molecule has 0 atom stereocenters. The maximum Gasteiger partial charge on any atom is 0.256 e. The second-order valence-corrected chi connectivity index (χ2v) is 9.81. The third kappa shape index (κ3) is 8.32. The molecule has 2 heterocycles. The lowest BCUT2D eigenvalue weighted by Gasteiger charge is -2.36. The SMILES string of the molecule is CC.CC.[B]C([B])(/C(=N/NC)c1cc(Br)ccc1C=O)c1ccc(F)c(C(=O)N2CCN(c3ccc(C#N)cn3)CC2)c1. The molecule has 4 radical (unpaired) electrons. The number of amides is 1. The predicted octanol–water partition coefficient (Wildman–Crippen LogP) is 4.80. The Labute approximate surface area is 264 Å². The van der Waals surface area contributed by atoms with Crippen LogP contribution in [0.25, 0.3) is 0 Å². The monoisotopic (exact) mass is 642 g/mol. The van der Waals surface area contributed by atoms with Crippen molar-refractivity contribution in [1.29, 1.82) is 5.26 Å². The summed E-state index contributed by atoms with van der Waals surface area (Å²) in [6.07, 6.45) is 2.16. The number of hydrazone groups is 1. The first kappa shape index (κ1) is 35.2. The van der Waals surface area contributed by atoms with E-state index < -0.39 is 16.9 Å². The number of rotatable bonds is 7. The van der Waals surface area contributed by atoms with Crippen molar-refractivity contribution in [3.63, 3.8) is 0 Å². The van der Waals surface area contributed by atoms with Gasteiger partial charge in [0.05, 0.1) is 32.5 Å². The molecule has 1 amide bonds. The molecule has 1 fully saturated rings. The van der Waals surface area contributed by atoms with Gasteiger partial charge in [0.2, 0.25) is 0 Å². The number of pyridine rings is 1. The first-order valence-electron chi connectivity index (χ1n) is 14.0. The minimum absolute atomic E-state index is 0.127. The molecule has 0 spiro atoms.